The third-order valence-electron chi connectivity index (χ3n) is 3.02. The summed E-state index contributed by atoms with van der Waals surface area (Å²) in [6.07, 6.45) is 2.15. The zero-order valence-corrected chi connectivity index (χ0v) is 9.37. The summed E-state index contributed by atoms with van der Waals surface area (Å²) in [5.74, 6) is 0.288. The molecule has 82 valence electrons. The minimum atomic E-state index is 0.00296. The molecule has 0 radical (unpaired) electrons. The minimum absolute atomic E-state index is 0.00296. The summed E-state index contributed by atoms with van der Waals surface area (Å²) in [4.78, 5) is 0. The van der Waals surface area contributed by atoms with Gasteiger partial charge in [0.05, 0.1) is 0 Å². The van der Waals surface area contributed by atoms with Gasteiger partial charge in [0.1, 0.15) is 10.8 Å². The van der Waals surface area contributed by atoms with Crippen LogP contribution in [-0.2, 0) is 5.41 Å². The molecule has 5 heteroatoms. The average Bonchev–Trinajstić information content (AvgIpc) is 2.97. The van der Waals surface area contributed by atoms with E-state index in [0.717, 1.165) is 17.8 Å². The summed E-state index contributed by atoms with van der Waals surface area (Å²) in [5.41, 5.74) is 6.80. The molecule has 0 atom stereocenters. The van der Waals surface area contributed by atoms with Crippen molar-refractivity contribution in [1.29, 1.82) is 0 Å². The van der Waals surface area contributed by atoms with Gasteiger partial charge in [-0.2, -0.15) is 0 Å². The standard InChI is InChI=1S/C11H11N3OS/c12-10-14-13-9(16-10)11(5-6-11)7-1-3-8(15)4-2-7/h1-4,15H,5-6H2,(H2,12,14). The fourth-order valence-electron chi connectivity index (χ4n) is 1.96. The smallest absolute Gasteiger partial charge is 0.203 e. The van der Waals surface area contributed by atoms with Crippen molar-refractivity contribution in [2.24, 2.45) is 0 Å². The Morgan fingerprint density at radius 1 is 1.19 bits per heavy atom. The molecule has 0 bridgehead atoms. The molecule has 0 spiro atoms. The first-order chi connectivity index (χ1) is 7.71. The number of nitrogen functional groups attached to an aromatic ring is 1. The van der Waals surface area contributed by atoms with E-state index in [1.807, 2.05) is 12.1 Å². The van der Waals surface area contributed by atoms with Gasteiger partial charge >= 0.3 is 0 Å². The lowest BCUT2D eigenvalue weighted by Crippen LogP contribution is -2.07. The summed E-state index contributed by atoms with van der Waals surface area (Å²) in [6.45, 7) is 0. The van der Waals surface area contributed by atoms with Gasteiger partial charge in [-0.25, -0.2) is 0 Å². The molecular formula is C11H11N3OS. The SMILES string of the molecule is Nc1nnc(C2(c3ccc(O)cc3)CC2)s1. The van der Waals surface area contributed by atoms with Crippen LogP contribution in [-0.4, -0.2) is 15.3 Å². The fraction of sp³-hybridized carbons (Fsp3) is 0.273. The fourth-order valence-corrected chi connectivity index (χ4v) is 2.84. The minimum Gasteiger partial charge on any atom is -0.508 e. The van der Waals surface area contributed by atoms with Crippen molar-refractivity contribution >= 4 is 16.5 Å². The van der Waals surface area contributed by atoms with E-state index in [2.05, 4.69) is 10.2 Å². The number of aromatic nitrogens is 2. The van der Waals surface area contributed by atoms with Crippen molar-refractivity contribution in [3.8, 4) is 5.75 Å². The maximum Gasteiger partial charge on any atom is 0.203 e. The van der Waals surface area contributed by atoms with E-state index in [0.29, 0.717) is 5.13 Å². The predicted octanol–water partition coefficient (Wildman–Crippen LogP) is 1.91. The molecule has 4 nitrogen and oxygen atoms in total. The topological polar surface area (TPSA) is 72.0 Å². The van der Waals surface area contributed by atoms with E-state index in [9.17, 15) is 5.11 Å². The Labute approximate surface area is 96.8 Å². The lowest BCUT2D eigenvalue weighted by molar-refractivity contribution is 0.475. The molecule has 1 aromatic heterocycles. The van der Waals surface area contributed by atoms with E-state index in [1.165, 1.54) is 16.9 Å². The molecule has 1 aromatic carbocycles. The highest BCUT2D eigenvalue weighted by Gasteiger charge is 2.48. The molecule has 3 N–H and O–H groups in total. The monoisotopic (exact) mass is 233 g/mol. The Morgan fingerprint density at radius 3 is 2.38 bits per heavy atom. The molecule has 0 amide bonds. The number of nitrogens with zero attached hydrogens (tertiary/aromatic N) is 2. The zero-order valence-electron chi connectivity index (χ0n) is 8.55. The summed E-state index contributed by atoms with van der Waals surface area (Å²) in [6, 6.07) is 7.30. The summed E-state index contributed by atoms with van der Waals surface area (Å²) < 4.78 is 0. The van der Waals surface area contributed by atoms with Gasteiger partial charge in [-0.15, -0.1) is 10.2 Å². The summed E-state index contributed by atoms with van der Waals surface area (Å²) >= 11 is 1.45. The average molecular weight is 233 g/mol. The Morgan fingerprint density at radius 2 is 1.88 bits per heavy atom. The van der Waals surface area contributed by atoms with Crippen LogP contribution in [0.25, 0.3) is 0 Å². The Kier molecular flexibility index (Phi) is 1.91. The molecule has 1 fully saturated rings. The van der Waals surface area contributed by atoms with Crippen LogP contribution in [0.1, 0.15) is 23.4 Å². The number of phenolic OH excluding ortho intramolecular Hbond substituents is 1. The van der Waals surface area contributed by atoms with Crippen molar-refractivity contribution in [1.82, 2.24) is 10.2 Å². The highest BCUT2D eigenvalue weighted by Crippen LogP contribution is 2.54. The van der Waals surface area contributed by atoms with Gasteiger partial charge in [-0.05, 0) is 30.5 Å². The molecule has 1 aliphatic rings. The molecule has 0 saturated heterocycles. The largest absolute Gasteiger partial charge is 0.508 e. The van der Waals surface area contributed by atoms with Crippen molar-refractivity contribution < 1.29 is 5.11 Å². The second-order valence-electron chi connectivity index (χ2n) is 4.07. The maximum atomic E-state index is 9.27. The number of anilines is 1. The number of nitrogens with two attached hydrogens (primary N) is 1. The van der Waals surface area contributed by atoms with Crippen molar-refractivity contribution in [2.45, 2.75) is 18.3 Å². The highest BCUT2D eigenvalue weighted by molar-refractivity contribution is 7.15. The molecule has 0 unspecified atom stereocenters. The lowest BCUT2D eigenvalue weighted by Gasteiger charge is -2.11. The molecule has 3 rings (SSSR count). The van der Waals surface area contributed by atoms with Crippen LogP contribution in [0.15, 0.2) is 24.3 Å². The van der Waals surface area contributed by atoms with Crippen LogP contribution in [0.2, 0.25) is 0 Å². The summed E-state index contributed by atoms with van der Waals surface area (Å²) in [5, 5.41) is 18.8. The van der Waals surface area contributed by atoms with Gasteiger partial charge in [0.15, 0.2) is 0 Å². The Bertz CT molecular complexity index is 516. The van der Waals surface area contributed by atoms with Gasteiger partial charge in [0, 0.05) is 5.41 Å². The van der Waals surface area contributed by atoms with E-state index in [1.54, 1.807) is 12.1 Å². The lowest BCUT2D eigenvalue weighted by atomic mass is 9.97. The number of phenols is 1. The Hall–Kier alpha value is -1.62. The number of rotatable bonds is 2. The molecule has 1 heterocycles. The molecule has 2 aromatic rings. The van der Waals surface area contributed by atoms with Crippen LogP contribution in [0.5, 0.6) is 5.75 Å². The first-order valence-electron chi connectivity index (χ1n) is 5.10. The molecule has 0 aliphatic heterocycles. The van der Waals surface area contributed by atoms with Crippen LogP contribution in [0.3, 0.4) is 0 Å². The van der Waals surface area contributed by atoms with E-state index in [4.69, 9.17) is 5.73 Å². The maximum absolute atomic E-state index is 9.27. The van der Waals surface area contributed by atoms with E-state index in [-0.39, 0.29) is 11.2 Å². The first kappa shape index (κ1) is 9.59. The van der Waals surface area contributed by atoms with Gasteiger partial charge in [-0.1, -0.05) is 23.5 Å². The number of hydrogen-bond acceptors (Lipinski definition) is 5. The third kappa shape index (κ3) is 1.36. The molecule has 1 aliphatic carbocycles. The number of hydrogen-bond donors (Lipinski definition) is 2. The number of benzene rings is 1. The summed E-state index contributed by atoms with van der Waals surface area (Å²) in [7, 11) is 0. The second kappa shape index (κ2) is 3.18. The molecular weight excluding hydrogens is 222 g/mol. The van der Waals surface area contributed by atoms with Crippen molar-refractivity contribution in [3.63, 3.8) is 0 Å². The van der Waals surface area contributed by atoms with Crippen LogP contribution in [0, 0.1) is 0 Å². The van der Waals surface area contributed by atoms with Crippen LogP contribution in [0.4, 0.5) is 5.13 Å². The van der Waals surface area contributed by atoms with Crippen molar-refractivity contribution in [2.75, 3.05) is 5.73 Å². The van der Waals surface area contributed by atoms with Gasteiger partial charge in [-0.3, -0.25) is 0 Å². The normalized spacial score (nSPS) is 17.2. The van der Waals surface area contributed by atoms with E-state index >= 15 is 0 Å². The zero-order chi connectivity index (χ0) is 11.2. The molecule has 16 heavy (non-hydrogen) atoms. The molecule has 1 saturated carbocycles. The van der Waals surface area contributed by atoms with Gasteiger partial charge in [0.25, 0.3) is 0 Å². The third-order valence-corrected chi connectivity index (χ3v) is 3.98. The number of aromatic hydroxyl groups is 1. The van der Waals surface area contributed by atoms with Crippen LogP contribution < -0.4 is 5.73 Å². The van der Waals surface area contributed by atoms with Gasteiger partial charge in [0.2, 0.25) is 5.13 Å². The van der Waals surface area contributed by atoms with E-state index < -0.39 is 0 Å². The van der Waals surface area contributed by atoms with Gasteiger partial charge < -0.3 is 10.8 Å². The van der Waals surface area contributed by atoms with Crippen LogP contribution >= 0.6 is 11.3 Å². The highest BCUT2D eigenvalue weighted by atomic mass is 32.1. The predicted molar refractivity (Wildman–Crippen MR) is 62.4 cm³/mol. The second-order valence-corrected chi connectivity index (χ2v) is 5.08. The quantitative estimate of drug-likeness (QED) is 0.831. The Balaban J connectivity index is 2.03. The van der Waals surface area contributed by atoms with Crippen molar-refractivity contribution in [3.05, 3.63) is 34.8 Å². The first-order valence-corrected chi connectivity index (χ1v) is 5.91.